The summed E-state index contributed by atoms with van der Waals surface area (Å²) in [6.45, 7) is 6.49. The molecule has 0 spiro atoms. The van der Waals surface area contributed by atoms with E-state index in [4.69, 9.17) is 9.47 Å². The standard InChI is InChI=1S/C16H30N4O3/c1-4-17-16(18-8-7-15(21)19(2)3)20-9-11-23-14(12-20)13-6-5-10-22-13/h13-14H,4-12H2,1-3H3,(H,17,18). The van der Waals surface area contributed by atoms with Crippen LogP contribution in [-0.2, 0) is 14.3 Å². The van der Waals surface area contributed by atoms with E-state index in [-0.39, 0.29) is 18.1 Å². The van der Waals surface area contributed by atoms with Crippen molar-refractivity contribution in [3.63, 3.8) is 0 Å². The highest BCUT2D eigenvalue weighted by Gasteiger charge is 2.32. The summed E-state index contributed by atoms with van der Waals surface area (Å²) in [7, 11) is 3.54. The lowest BCUT2D eigenvalue weighted by atomic mass is 10.1. The maximum atomic E-state index is 11.7. The molecule has 0 aliphatic carbocycles. The Hall–Kier alpha value is -1.34. The molecule has 2 rings (SSSR count). The molecule has 2 aliphatic heterocycles. The Morgan fingerprint density at radius 3 is 2.74 bits per heavy atom. The van der Waals surface area contributed by atoms with Crippen LogP contribution in [0.4, 0.5) is 0 Å². The SMILES string of the molecule is CCNC(=NCCC(=O)N(C)C)N1CCOC(C2CCCO2)C1. The molecule has 7 heteroatoms. The fourth-order valence-corrected chi connectivity index (χ4v) is 2.90. The predicted molar refractivity (Wildman–Crippen MR) is 89.6 cm³/mol. The van der Waals surface area contributed by atoms with Crippen molar-refractivity contribution in [3.8, 4) is 0 Å². The molecule has 0 radical (unpaired) electrons. The number of morpholine rings is 1. The number of nitrogens with one attached hydrogen (secondary N) is 1. The Kier molecular flexibility index (Phi) is 7.11. The number of carbonyl (C=O) groups excluding carboxylic acids is 1. The van der Waals surface area contributed by atoms with Gasteiger partial charge in [0.05, 0.1) is 19.3 Å². The minimum absolute atomic E-state index is 0.101. The number of guanidine groups is 1. The zero-order valence-electron chi connectivity index (χ0n) is 14.6. The summed E-state index contributed by atoms with van der Waals surface area (Å²) >= 11 is 0. The molecule has 2 heterocycles. The van der Waals surface area contributed by atoms with Crippen molar-refractivity contribution < 1.29 is 14.3 Å². The molecular weight excluding hydrogens is 296 g/mol. The topological polar surface area (TPSA) is 66.4 Å². The molecule has 1 N–H and O–H groups in total. The van der Waals surface area contributed by atoms with Crippen LogP contribution in [0, 0.1) is 0 Å². The maximum Gasteiger partial charge on any atom is 0.223 e. The van der Waals surface area contributed by atoms with Gasteiger partial charge >= 0.3 is 0 Å². The van der Waals surface area contributed by atoms with Crippen LogP contribution < -0.4 is 5.32 Å². The van der Waals surface area contributed by atoms with Gasteiger partial charge in [-0.15, -0.1) is 0 Å². The summed E-state index contributed by atoms with van der Waals surface area (Å²) in [5.74, 6) is 0.967. The van der Waals surface area contributed by atoms with Gasteiger partial charge < -0.3 is 24.6 Å². The summed E-state index contributed by atoms with van der Waals surface area (Å²) in [6.07, 6.45) is 2.94. The summed E-state index contributed by atoms with van der Waals surface area (Å²) in [5.41, 5.74) is 0. The van der Waals surface area contributed by atoms with Gasteiger partial charge in [0.25, 0.3) is 0 Å². The van der Waals surface area contributed by atoms with Crippen LogP contribution in [0.1, 0.15) is 26.2 Å². The van der Waals surface area contributed by atoms with E-state index in [9.17, 15) is 4.79 Å². The van der Waals surface area contributed by atoms with Gasteiger partial charge in [0.2, 0.25) is 5.91 Å². The fourth-order valence-electron chi connectivity index (χ4n) is 2.90. The first-order valence-electron chi connectivity index (χ1n) is 8.58. The second-order valence-electron chi connectivity index (χ2n) is 6.18. The normalized spacial score (nSPS) is 25.5. The molecule has 2 unspecified atom stereocenters. The number of carbonyl (C=O) groups is 1. The first kappa shape index (κ1) is 18.0. The molecule has 2 aliphatic rings. The fraction of sp³-hybridized carbons (Fsp3) is 0.875. The maximum absolute atomic E-state index is 11.7. The van der Waals surface area contributed by atoms with Crippen LogP contribution in [0.15, 0.2) is 4.99 Å². The molecule has 2 atom stereocenters. The van der Waals surface area contributed by atoms with Crippen LogP contribution in [0.5, 0.6) is 0 Å². The van der Waals surface area contributed by atoms with Crippen LogP contribution in [0.25, 0.3) is 0 Å². The van der Waals surface area contributed by atoms with E-state index in [2.05, 4.69) is 22.1 Å². The van der Waals surface area contributed by atoms with Gasteiger partial charge in [0, 0.05) is 46.8 Å². The number of nitrogens with zero attached hydrogens (tertiary/aromatic N) is 3. The minimum atomic E-state index is 0.101. The third-order valence-corrected chi connectivity index (χ3v) is 4.19. The van der Waals surface area contributed by atoms with Crippen LogP contribution >= 0.6 is 0 Å². The van der Waals surface area contributed by atoms with E-state index in [1.54, 1.807) is 19.0 Å². The smallest absolute Gasteiger partial charge is 0.223 e. The van der Waals surface area contributed by atoms with Gasteiger partial charge in [-0.25, -0.2) is 0 Å². The van der Waals surface area contributed by atoms with Crippen molar-refractivity contribution in [2.45, 2.75) is 38.4 Å². The third-order valence-electron chi connectivity index (χ3n) is 4.19. The molecule has 23 heavy (non-hydrogen) atoms. The third kappa shape index (κ3) is 5.35. The molecule has 0 bridgehead atoms. The predicted octanol–water partition coefficient (Wildman–Crippen LogP) is 0.310. The second-order valence-corrected chi connectivity index (χ2v) is 6.18. The van der Waals surface area contributed by atoms with Crippen molar-refractivity contribution >= 4 is 11.9 Å². The molecule has 1 amide bonds. The lowest BCUT2D eigenvalue weighted by Crippen LogP contribution is -2.53. The number of rotatable bonds is 5. The molecular formula is C16H30N4O3. The van der Waals surface area contributed by atoms with E-state index >= 15 is 0 Å². The van der Waals surface area contributed by atoms with Gasteiger partial charge in [-0.3, -0.25) is 9.79 Å². The van der Waals surface area contributed by atoms with Crippen LogP contribution in [0.2, 0.25) is 0 Å². The van der Waals surface area contributed by atoms with Gasteiger partial charge in [0.15, 0.2) is 5.96 Å². The lowest BCUT2D eigenvalue weighted by molar-refractivity contribution is -0.128. The molecule has 0 saturated carbocycles. The Bertz CT molecular complexity index is 408. The van der Waals surface area contributed by atoms with Gasteiger partial charge in [-0.05, 0) is 19.8 Å². The molecule has 2 saturated heterocycles. The van der Waals surface area contributed by atoms with Gasteiger partial charge in [-0.1, -0.05) is 0 Å². The van der Waals surface area contributed by atoms with E-state index in [1.807, 2.05) is 0 Å². The Morgan fingerprint density at radius 1 is 1.30 bits per heavy atom. The monoisotopic (exact) mass is 326 g/mol. The molecule has 2 fully saturated rings. The van der Waals surface area contributed by atoms with Gasteiger partial charge in [0.1, 0.15) is 6.10 Å². The zero-order valence-corrected chi connectivity index (χ0v) is 14.6. The number of hydrogen-bond acceptors (Lipinski definition) is 4. The van der Waals surface area contributed by atoms with E-state index in [0.29, 0.717) is 19.6 Å². The quantitative estimate of drug-likeness (QED) is 0.582. The second kappa shape index (κ2) is 9.08. The molecule has 0 aromatic carbocycles. The number of hydrogen-bond donors (Lipinski definition) is 1. The summed E-state index contributed by atoms with van der Waals surface area (Å²) < 4.78 is 11.6. The first-order chi connectivity index (χ1) is 11.1. The van der Waals surface area contributed by atoms with Crippen molar-refractivity contribution in [1.82, 2.24) is 15.1 Å². The number of aliphatic imine (C=N–C) groups is 1. The average Bonchev–Trinajstić information content (AvgIpc) is 3.08. The van der Waals surface area contributed by atoms with Crippen molar-refractivity contribution in [3.05, 3.63) is 0 Å². The zero-order chi connectivity index (χ0) is 16.7. The Morgan fingerprint density at radius 2 is 2.09 bits per heavy atom. The summed E-state index contributed by atoms with van der Waals surface area (Å²) in [6, 6.07) is 0. The Labute approximate surface area is 139 Å². The average molecular weight is 326 g/mol. The van der Waals surface area contributed by atoms with Crippen LogP contribution in [-0.4, -0.2) is 87.4 Å². The van der Waals surface area contributed by atoms with Crippen molar-refractivity contribution in [2.75, 3.05) is 53.5 Å². The number of amides is 1. The molecule has 7 nitrogen and oxygen atoms in total. The highest BCUT2D eigenvalue weighted by Crippen LogP contribution is 2.21. The molecule has 132 valence electrons. The lowest BCUT2D eigenvalue weighted by Gasteiger charge is -2.37. The van der Waals surface area contributed by atoms with E-state index < -0.39 is 0 Å². The minimum Gasteiger partial charge on any atom is -0.375 e. The summed E-state index contributed by atoms with van der Waals surface area (Å²) in [4.78, 5) is 20.1. The Balaban J connectivity index is 1.91. The van der Waals surface area contributed by atoms with Crippen molar-refractivity contribution in [1.29, 1.82) is 0 Å². The van der Waals surface area contributed by atoms with E-state index in [0.717, 1.165) is 45.0 Å². The molecule has 0 aromatic heterocycles. The van der Waals surface area contributed by atoms with Crippen molar-refractivity contribution in [2.24, 2.45) is 4.99 Å². The highest BCUT2D eigenvalue weighted by atomic mass is 16.5. The highest BCUT2D eigenvalue weighted by molar-refractivity contribution is 5.81. The van der Waals surface area contributed by atoms with Crippen LogP contribution in [0.3, 0.4) is 0 Å². The van der Waals surface area contributed by atoms with Gasteiger partial charge in [-0.2, -0.15) is 0 Å². The van der Waals surface area contributed by atoms with E-state index in [1.165, 1.54) is 0 Å². The largest absolute Gasteiger partial charge is 0.375 e. The molecule has 0 aromatic rings. The first-order valence-corrected chi connectivity index (χ1v) is 8.58. The number of ether oxygens (including phenoxy) is 2. The summed E-state index contributed by atoms with van der Waals surface area (Å²) in [5, 5.41) is 3.32.